The molecule has 7 heteroatoms. The Balaban J connectivity index is 1.91. The number of carbonyl (C=O) groups is 3. The van der Waals surface area contributed by atoms with Crippen molar-refractivity contribution in [2.75, 3.05) is 13.7 Å². The van der Waals surface area contributed by atoms with Gasteiger partial charge in [-0.05, 0) is 24.1 Å². The number of hydrogen-bond donors (Lipinski definition) is 1. The van der Waals surface area contributed by atoms with E-state index < -0.39 is 35.8 Å². The van der Waals surface area contributed by atoms with E-state index in [9.17, 15) is 19.5 Å². The molecule has 3 unspecified atom stereocenters. The van der Waals surface area contributed by atoms with E-state index in [1.54, 1.807) is 48.5 Å². The Bertz CT molecular complexity index is 838. The lowest BCUT2D eigenvalue weighted by molar-refractivity contribution is -0.151. The van der Waals surface area contributed by atoms with E-state index in [2.05, 4.69) is 0 Å². The van der Waals surface area contributed by atoms with Crippen LogP contribution in [0.15, 0.2) is 60.7 Å². The minimum absolute atomic E-state index is 0.0152. The Morgan fingerprint density at radius 1 is 1.04 bits per heavy atom. The third-order valence-corrected chi connectivity index (χ3v) is 4.82. The summed E-state index contributed by atoms with van der Waals surface area (Å²) in [5.41, 5.74) is 0.676. The van der Waals surface area contributed by atoms with Gasteiger partial charge in [0.25, 0.3) is 5.91 Å². The minimum atomic E-state index is -1.17. The number of esters is 1. The normalized spacial score (nSPS) is 21.2. The van der Waals surface area contributed by atoms with Gasteiger partial charge < -0.3 is 19.5 Å². The number of carbonyl (C=O) groups excluding carboxylic acids is 2. The molecule has 0 bridgehead atoms. The van der Waals surface area contributed by atoms with Gasteiger partial charge in [-0.25, -0.2) is 4.79 Å². The first-order valence-corrected chi connectivity index (χ1v) is 8.87. The second-order valence-electron chi connectivity index (χ2n) is 6.48. The van der Waals surface area contributed by atoms with Crippen LogP contribution in [0, 0.1) is 5.92 Å². The average Bonchev–Trinajstić information content (AvgIpc) is 3.14. The molecule has 0 saturated carbocycles. The van der Waals surface area contributed by atoms with Crippen LogP contribution in [-0.2, 0) is 19.1 Å². The molecule has 0 spiro atoms. The third kappa shape index (κ3) is 3.98. The van der Waals surface area contributed by atoms with Crippen molar-refractivity contribution in [3.8, 4) is 5.75 Å². The summed E-state index contributed by atoms with van der Waals surface area (Å²) in [5, 5.41) is 9.67. The predicted octanol–water partition coefficient (Wildman–Crippen LogP) is 2.28. The molecule has 3 atom stereocenters. The molecule has 1 heterocycles. The van der Waals surface area contributed by atoms with Gasteiger partial charge in [0, 0.05) is 0 Å². The number of ether oxygens (including phenoxy) is 2. The van der Waals surface area contributed by atoms with Crippen molar-refractivity contribution in [3.63, 3.8) is 0 Å². The van der Waals surface area contributed by atoms with Gasteiger partial charge in [-0.2, -0.15) is 0 Å². The number of amides is 1. The lowest BCUT2D eigenvalue weighted by Gasteiger charge is -2.30. The standard InChI is InChI=1S/C21H21NO6/c1-27-21(26)16-12-17(20(24)25)22(19(16)14-8-4-2-5-9-14)18(23)13-28-15-10-6-3-7-11-15/h2-11,16-17,19H,12-13H2,1H3,(H,24,25). The molecule has 0 aliphatic carbocycles. The van der Waals surface area contributed by atoms with Crippen molar-refractivity contribution in [2.24, 2.45) is 5.92 Å². The molecule has 2 aromatic carbocycles. The number of likely N-dealkylation sites (tertiary alicyclic amines) is 1. The van der Waals surface area contributed by atoms with E-state index in [-0.39, 0.29) is 13.0 Å². The molecule has 7 nitrogen and oxygen atoms in total. The molecule has 0 radical (unpaired) electrons. The molecule has 3 rings (SSSR count). The lowest BCUT2D eigenvalue weighted by Crippen LogP contribution is -2.44. The topological polar surface area (TPSA) is 93.1 Å². The zero-order valence-electron chi connectivity index (χ0n) is 15.4. The van der Waals surface area contributed by atoms with E-state index in [1.807, 2.05) is 12.1 Å². The Morgan fingerprint density at radius 3 is 2.21 bits per heavy atom. The van der Waals surface area contributed by atoms with Crippen molar-refractivity contribution in [1.82, 2.24) is 4.90 Å². The van der Waals surface area contributed by atoms with Crippen LogP contribution in [-0.4, -0.2) is 47.6 Å². The van der Waals surface area contributed by atoms with E-state index in [0.717, 1.165) is 0 Å². The first-order chi connectivity index (χ1) is 13.5. The van der Waals surface area contributed by atoms with Gasteiger partial charge in [0.05, 0.1) is 19.1 Å². The number of carboxylic acids is 1. The zero-order chi connectivity index (χ0) is 20.1. The fraction of sp³-hybridized carbons (Fsp3) is 0.286. The highest BCUT2D eigenvalue weighted by atomic mass is 16.5. The summed E-state index contributed by atoms with van der Waals surface area (Å²) in [5.74, 6) is -2.48. The first-order valence-electron chi connectivity index (χ1n) is 8.87. The molecule has 1 fully saturated rings. The van der Waals surface area contributed by atoms with Crippen molar-refractivity contribution >= 4 is 17.8 Å². The van der Waals surface area contributed by atoms with Gasteiger partial charge in [-0.1, -0.05) is 48.5 Å². The second-order valence-corrected chi connectivity index (χ2v) is 6.48. The number of para-hydroxylation sites is 1. The van der Waals surface area contributed by atoms with Crippen molar-refractivity contribution in [1.29, 1.82) is 0 Å². The predicted molar refractivity (Wildman–Crippen MR) is 99.5 cm³/mol. The Morgan fingerprint density at radius 2 is 1.64 bits per heavy atom. The summed E-state index contributed by atoms with van der Waals surface area (Å²) < 4.78 is 10.4. The maximum Gasteiger partial charge on any atom is 0.326 e. The number of hydrogen-bond acceptors (Lipinski definition) is 5. The van der Waals surface area contributed by atoms with Gasteiger partial charge in [-0.3, -0.25) is 9.59 Å². The van der Waals surface area contributed by atoms with Gasteiger partial charge in [0.1, 0.15) is 11.8 Å². The molecule has 0 aromatic heterocycles. The highest BCUT2D eigenvalue weighted by Gasteiger charge is 2.51. The maximum atomic E-state index is 13.0. The quantitative estimate of drug-likeness (QED) is 0.770. The highest BCUT2D eigenvalue weighted by molar-refractivity contribution is 5.88. The van der Waals surface area contributed by atoms with Crippen molar-refractivity contribution in [3.05, 3.63) is 66.2 Å². The molecule has 28 heavy (non-hydrogen) atoms. The molecular formula is C21H21NO6. The molecule has 1 N–H and O–H groups in total. The van der Waals surface area contributed by atoms with Crippen LogP contribution in [0.4, 0.5) is 0 Å². The van der Waals surface area contributed by atoms with Gasteiger partial charge >= 0.3 is 11.9 Å². The van der Waals surface area contributed by atoms with Crippen LogP contribution in [0.1, 0.15) is 18.0 Å². The number of rotatable bonds is 6. The van der Waals surface area contributed by atoms with E-state index in [1.165, 1.54) is 12.0 Å². The number of nitrogens with zero attached hydrogens (tertiary/aromatic N) is 1. The van der Waals surface area contributed by atoms with Crippen LogP contribution in [0.25, 0.3) is 0 Å². The van der Waals surface area contributed by atoms with Crippen molar-refractivity contribution in [2.45, 2.75) is 18.5 Å². The Labute approximate surface area is 162 Å². The number of aliphatic carboxylic acids is 1. The van der Waals surface area contributed by atoms with Crippen LogP contribution < -0.4 is 4.74 Å². The van der Waals surface area contributed by atoms with E-state index in [0.29, 0.717) is 11.3 Å². The SMILES string of the molecule is COC(=O)C1CC(C(=O)O)N(C(=O)COc2ccccc2)C1c1ccccc1. The Kier molecular flexibility index (Phi) is 5.93. The van der Waals surface area contributed by atoms with Crippen LogP contribution in [0.2, 0.25) is 0 Å². The smallest absolute Gasteiger partial charge is 0.326 e. The van der Waals surface area contributed by atoms with Crippen LogP contribution in [0.3, 0.4) is 0 Å². The summed E-state index contributed by atoms with van der Waals surface area (Å²) in [4.78, 5) is 38.4. The molecule has 1 amide bonds. The summed E-state index contributed by atoms with van der Waals surface area (Å²) in [6.07, 6.45) is -0.0152. The minimum Gasteiger partial charge on any atom is -0.484 e. The summed E-state index contributed by atoms with van der Waals surface area (Å²) in [6.45, 7) is -0.328. The molecular weight excluding hydrogens is 362 g/mol. The van der Waals surface area contributed by atoms with E-state index >= 15 is 0 Å². The number of benzene rings is 2. The van der Waals surface area contributed by atoms with E-state index in [4.69, 9.17) is 9.47 Å². The molecule has 1 aliphatic rings. The fourth-order valence-electron chi connectivity index (χ4n) is 3.58. The first kappa shape index (κ1) is 19.4. The van der Waals surface area contributed by atoms with Gasteiger partial charge in [0.2, 0.25) is 0 Å². The van der Waals surface area contributed by atoms with Gasteiger partial charge in [-0.15, -0.1) is 0 Å². The van der Waals surface area contributed by atoms with Gasteiger partial charge in [0.15, 0.2) is 6.61 Å². The number of carboxylic acid groups (broad SMARTS) is 1. The molecule has 1 aliphatic heterocycles. The lowest BCUT2D eigenvalue weighted by atomic mass is 9.93. The monoisotopic (exact) mass is 383 g/mol. The third-order valence-electron chi connectivity index (χ3n) is 4.82. The van der Waals surface area contributed by atoms with Crippen LogP contribution in [0.5, 0.6) is 5.75 Å². The summed E-state index contributed by atoms with van der Waals surface area (Å²) in [6, 6.07) is 15.8. The fourth-order valence-corrected chi connectivity index (χ4v) is 3.58. The Hall–Kier alpha value is -3.35. The average molecular weight is 383 g/mol. The number of methoxy groups -OCH3 is 1. The molecule has 146 valence electrons. The molecule has 2 aromatic rings. The summed E-state index contributed by atoms with van der Waals surface area (Å²) in [7, 11) is 1.25. The van der Waals surface area contributed by atoms with Crippen molar-refractivity contribution < 1.29 is 29.0 Å². The van der Waals surface area contributed by atoms with Crippen LogP contribution >= 0.6 is 0 Å². The largest absolute Gasteiger partial charge is 0.484 e. The maximum absolute atomic E-state index is 13.0. The molecule has 1 saturated heterocycles. The zero-order valence-corrected chi connectivity index (χ0v) is 15.4. The highest BCUT2D eigenvalue weighted by Crippen LogP contribution is 2.42. The second kappa shape index (κ2) is 8.56. The summed E-state index contributed by atoms with van der Waals surface area (Å²) >= 11 is 0.